The molecule has 0 bridgehead atoms. The van der Waals surface area contributed by atoms with Gasteiger partial charge < -0.3 is 4.43 Å². The number of rotatable bonds is 8. The third-order valence-electron chi connectivity index (χ3n) is 3.89. The highest BCUT2D eigenvalue weighted by Gasteiger charge is 2.31. The molecule has 0 saturated carbocycles. The lowest BCUT2D eigenvalue weighted by Gasteiger charge is -2.32. The first-order valence-corrected chi connectivity index (χ1v) is 15.6. The van der Waals surface area contributed by atoms with Gasteiger partial charge in [0.2, 0.25) is 0 Å². The van der Waals surface area contributed by atoms with Gasteiger partial charge in [-0.05, 0) is 47.7 Å². The summed E-state index contributed by atoms with van der Waals surface area (Å²) in [5.41, 5.74) is 4.77. The highest BCUT2D eigenvalue weighted by Crippen LogP contribution is 2.26. The van der Waals surface area contributed by atoms with Crippen LogP contribution < -0.4 is 0 Å². The van der Waals surface area contributed by atoms with Gasteiger partial charge in [0.1, 0.15) is 8.07 Å². The number of hydrogen-bond acceptors (Lipinski definition) is 1. The summed E-state index contributed by atoms with van der Waals surface area (Å²) in [5, 5.41) is 0. The lowest BCUT2D eigenvalue weighted by Crippen LogP contribution is -2.39. The van der Waals surface area contributed by atoms with Gasteiger partial charge in [0.15, 0.2) is 8.32 Å². The molecular weight excluding hydrogens is 415 g/mol. The van der Waals surface area contributed by atoms with Crippen molar-refractivity contribution in [2.75, 3.05) is 0 Å². The van der Waals surface area contributed by atoms with Crippen LogP contribution in [0.25, 0.3) is 0 Å². The predicted molar refractivity (Wildman–Crippen MR) is 115 cm³/mol. The van der Waals surface area contributed by atoms with Crippen LogP contribution in [0.2, 0.25) is 37.8 Å². The van der Waals surface area contributed by atoms with E-state index in [4.69, 9.17) is 4.43 Å². The molecular formula is C18H33IOSi2. The largest absolute Gasteiger partial charge is 0.410 e. The van der Waals surface area contributed by atoms with Gasteiger partial charge in [0.05, 0.1) is 6.10 Å². The van der Waals surface area contributed by atoms with Crippen molar-refractivity contribution in [3.05, 3.63) is 21.8 Å². The fraction of sp³-hybridized carbons (Fsp3) is 0.667. The molecule has 0 aromatic carbocycles. The monoisotopic (exact) mass is 448 g/mol. The zero-order valence-electron chi connectivity index (χ0n) is 15.4. The minimum atomic E-state index is -1.58. The third-order valence-corrected chi connectivity index (χ3v) is 10.5. The molecule has 0 aromatic heterocycles. The van der Waals surface area contributed by atoms with E-state index in [0.29, 0.717) is 0 Å². The maximum atomic E-state index is 6.64. The first-order valence-electron chi connectivity index (χ1n) is 8.35. The third kappa shape index (κ3) is 9.34. The molecule has 0 radical (unpaired) electrons. The highest BCUT2D eigenvalue weighted by atomic mass is 127. The zero-order chi connectivity index (χ0) is 17.2. The van der Waals surface area contributed by atoms with E-state index in [1.54, 1.807) is 0 Å². The van der Waals surface area contributed by atoms with Crippen LogP contribution in [0.5, 0.6) is 0 Å². The second kappa shape index (κ2) is 10.8. The van der Waals surface area contributed by atoms with E-state index >= 15 is 0 Å². The summed E-state index contributed by atoms with van der Waals surface area (Å²) in [7, 11) is -2.87. The molecule has 0 aliphatic heterocycles. The fourth-order valence-electron chi connectivity index (χ4n) is 2.25. The summed E-state index contributed by atoms with van der Waals surface area (Å²) in [6, 6.07) is 3.58. The zero-order valence-corrected chi connectivity index (χ0v) is 19.6. The van der Waals surface area contributed by atoms with Crippen molar-refractivity contribution in [2.24, 2.45) is 0 Å². The lowest BCUT2D eigenvalue weighted by atomic mass is 10.1. The van der Waals surface area contributed by atoms with Crippen LogP contribution in [0.3, 0.4) is 0 Å². The molecule has 0 fully saturated rings. The Kier molecular flexibility index (Phi) is 10.9. The average Bonchev–Trinajstić information content (AvgIpc) is 2.47. The van der Waals surface area contributed by atoms with Crippen molar-refractivity contribution in [1.82, 2.24) is 0 Å². The molecule has 0 saturated heterocycles. The van der Waals surface area contributed by atoms with Crippen LogP contribution >= 0.6 is 22.6 Å². The van der Waals surface area contributed by atoms with Gasteiger partial charge in [-0.2, -0.15) is 0 Å². The van der Waals surface area contributed by atoms with Gasteiger partial charge in [0, 0.05) is 0 Å². The van der Waals surface area contributed by atoms with Gasteiger partial charge in [-0.15, -0.1) is 5.54 Å². The predicted octanol–water partition coefficient (Wildman–Crippen LogP) is 6.54. The first kappa shape index (κ1) is 22.2. The Labute approximate surface area is 154 Å². The molecule has 126 valence electrons. The second-order valence-electron chi connectivity index (χ2n) is 6.94. The number of allylic oxidation sites excluding steroid dienone is 1. The van der Waals surface area contributed by atoms with Crippen molar-refractivity contribution in [2.45, 2.75) is 78.0 Å². The van der Waals surface area contributed by atoms with Crippen molar-refractivity contribution in [1.29, 1.82) is 0 Å². The highest BCUT2D eigenvalue weighted by molar-refractivity contribution is 14.1. The quantitative estimate of drug-likeness (QED) is 0.233. The summed E-state index contributed by atoms with van der Waals surface area (Å²) in [5.74, 6) is 3.23. The molecule has 1 atom stereocenters. The molecule has 1 nitrogen and oxygen atoms in total. The summed E-state index contributed by atoms with van der Waals surface area (Å²) in [4.78, 5) is 0. The molecule has 0 N–H and O–H groups in total. The molecule has 0 amide bonds. The molecule has 0 unspecified atom stereocenters. The molecule has 22 heavy (non-hydrogen) atoms. The molecule has 0 spiro atoms. The van der Waals surface area contributed by atoms with E-state index in [-0.39, 0.29) is 6.10 Å². The SMILES string of the molecule is CC[Si](CC)(CC)O[C@@H](/C=C/C#C[Si](C)(C)C)C/C(C)=C/I. The van der Waals surface area contributed by atoms with Gasteiger partial charge in [0.25, 0.3) is 0 Å². The normalized spacial score (nSPS) is 14.8. The summed E-state index contributed by atoms with van der Waals surface area (Å²) in [6.45, 7) is 15.8. The standard InChI is InChI=1S/C18H33IOSi2/c1-8-22(9-2,10-3)20-18(15-17(4)16-19)13-11-12-14-21(5,6)7/h11,13,16,18H,8-10,15H2,1-7H3/b13-11+,17-16+/t18-/m0/s1. The van der Waals surface area contributed by atoms with Crippen molar-refractivity contribution in [3.8, 4) is 11.5 Å². The average molecular weight is 449 g/mol. The smallest absolute Gasteiger partial charge is 0.192 e. The van der Waals surface area contributed by atoms with Crippen LogP contribution in [0.15, 0.2) is 21.8 Å². The lowest BCUT2D eigenvalue weighted by molar-refractivity contribution is 0.233. The molecule has 4 heteroatoms. The maximum Gasteiger partial charge on any atom is 0.192 e. The molecule has 0 aliphatic rings. The van der Waals surface area contributed by atoms with Crippen LogP contribution in [-0.2, 0) is 4.43 Å². The van der Waals surface area contributed by atoms with Crippen LogP contribution in [-0.4, -0.2) is 22.5 Å². The van der Waals surface area contributed by atoms with E-state index in [1.807, 2.05) is 6.08 Å². The summed E-state index contributed by atoms with van der Waals surface area (Å²) < 4.78 is 8.80. The van der Waals surface area contributed by atoms with E-state index in [1.165, 1.54) is 23.7 Å². The maximum absolute atomic E-state index is 6.64. The topological polar surface area (TPSA) is 9.23 Å². The van der Waals surface area contributed by atoms with Crippen LogP contribution in [0.4, 0.5) is 0 Å². The Balaban J connectivity index is 5.12. The first-order chi connectivity index (χ1) is 10.2. The van der Waals surface area contributed by atoms with Crippen molar-refractivity contribution < 1.29 is 4.43 Å². The Morgan fingerprint density at radius 1 is 1.14 bits per heavy atom. The summed E-state index contributed by atoms with van der Waals surface area (Å²) in [6.07, 6.45) is 5.35. The second-order valence-corrected chi connectivity index (χ2v) is 17.0. The Morgan fingerprint density at radius 3 is 2.09 bits per heavy atom. The van der Waals surface area contributed by atoms with Crippen LogP contribution in [0.1, 0.15) is 34.1 Å². The minimum Gasteiger partial charge on any atom is -0.410 e. The molecule has 0 rings (SSSR count). The van der Waals surface area contributed by atoms with Crippen LogP contribution in [0, 0.1) is 11.5 Å². The van der Waals surface area contributed by atoms with Crippen molar-refractivity contribution in [3.63, 3.8) is 0 Å². The van der Waals surface area contributed by atoms with Gasteiger partial charge in [-0.3, -0.25) is 0 Å². The Hall–Kier alpha value is 0.164. The summed E-state index contributed by atoms with van der Waals surface area (Å²) >= 11 is 2.31. The van der Waals surface area contributed by atoms with E-state index < -0.39 is 16.4 Å². The van der Waals surface area contributed by atoms with Gasteiger partial charge in [-0.1, -0.05) is 74.5 Å². The number of hydrogen-bond donors (Lipinski definition) is 0. The molecule has 0 heterocycles. The minimum absolute atomic E-state index is 0.175. The van der Waals surface area contributed by atoms with Gasteiger partial charge >= 0.3 is 0 Å². The number of halogens is 1. The Morgan fingerprint density at radius 2 is 1.68 bits per heavy atom. The molecule has 0 aliphatic carbocycles. The molecule has 0 aromatic rings. The van der Waals surface area contributed by atoms with E-state index in [9.17, 15) is 0 Å². The van der Waals surface area contributed by atoms with Crippen molar-refractivity contribution >= 4 is 39.0 Å². The van der Waals surface area contributed by atoms with E-state index in [0.717, 1.165) is 6.42 Å². The van der Waals surface area contributed by atoms with E-state index in [2.05, 4.69) is 91.5 Å². The Bertz CT molecular complexity index is 426. The fourth-order valence-corrected chi connectivity index (χ4v) is 5.82. The van der Waals surface area contributed by atoms with Gasteiger partial charge in [-0.25, -0.2) is 0 Å².